The number of hydrogen-bond acceptors (Lipinski definition) is 5. The van der Waals surface area contributed by atoms with Crippen LogP contribution in [0.1, 0.15) is 17.0 Å². The minimum atomic E-state index is -0.752. The predicted molar refractivity (Wildman–Crippen MR) is 93.8 cm³/mol. The molecule has 0 fully saturated rings. The third-order valence-corrected chi connectivity index (χ3v) is 5.14. The summed E-state index contributed by atoms with van der Waals surface area (Å²) in [4.78, 5) is 12.8. The van der Waals surface area contributed by atoms with Crippen molar-refractivity contribution in [1.82, 2.24) is 0 Å². The Kier molecular flexibility index (Phi) is 3.52. The molecule has 1 aromatic heterocycles. The fraction of sp³-hybridized carbons (Fsp3) is 0.0526. The van der Waals surface area contributed by atoms with Gasteiger partial charge in [0.25, 0.3) is 0 Å². The van der Waals surface area contributed by atoms with Crippen LogP contribution in [0.2, 0.25) is 0 Å². The smallest absolute Gasteiger partial charge is 0.240 e. The zero-order valence-electron chi connectivity index (χ0n) is 12.8. The topological polar surface area (TPSA) is 76.1 Å². The summed E-state index contributed by atoms with van der Waals surface area (Å²) in [6.07, 6.45) is 0. The van der Waals surface area contributed by atoms with Gasteiger partial charge in [0.05, 0.1) is 11.5 Å². The van der Waals surface area contributed by atoms with E-state index in [2.05, 4.69) is 0 Å². The number of hydrogen-bond donors (Lipinski definition) is 1. The molecule has 0 bridgehead atoms. The van der Waals surface area contributed by atoms with E-state index in [1.54, 1.807) is 12.1 Å². The van der Waals surface area contributed by atoms with Gasteiger partial charge in [-0.3, -0.25) is 4.79 Å². The quantitative estimate of drug-likeness (QED) is 0.727. The Morgan fingerprint density at radius 2 is 2.00 bits per heavy atom. The molecule has 1 aliphatic rings. The molecule has 2 aromatic carbocycles. The monoisotopic (exact) mass is 350 g/mol. The second kappa shape index (κ2) is 5.72. The second-order valence-electron chi connectivity index (χ2n) is 5.61. The summed E-state index contributed by atoms with van der Waals surface area (Å²) >= 11 is 1.07. The summed E-state index contributed by atoms with van der Waals surface area (Å²) < 4.78 is 19.9. The largest absolute Gasteiger partial charge is 0.439 e. The van der Waals surface area contributed by atoms with Crippen LogP contribution >= 0.6 is 11.3 Å². The first-order chi connectivity index (χ1) is 12.1. The number of halogens is 1. The van der Waals surface area contributed by atoms with Gasteiger partial charge in [-0.15, -0.1) is 0 Å². The standard InChI is InChI=1S/C19H11FN2O2S/c20-11-5-3-4-10(8-11)15-13(9-21)18(22)24-17-12-6-1-2-7-14(12)25-19(23)16(15)17/h1-8,15H,22H2/t15-/m0/s1. The lowest BCUT2D eigenvalue weighted by molar-refractivity contribution is 0.398. The van der Waals surface area contributed by atoms with E-state index in [-0.39, 0.29) is 16.2 Å². The number of ether oxygens (including phenoxy) is 1. The molecule has 122 valence electrons. The molecular weight excluding hydrogens is 339 g/mol. The Morgan fingerprint density at radius 1 is 1.20 bits per heavy atom. The van der Waals surface area contributed by atoms with Crippen LogP contribution in [-0.2, 0) is 0 Å². The number of allylic oxidation sites excluding steroid dienone is 1. The summed E-state index contributed by atoms with van der Waals surface area (Å²) in [7, 11) is 0. The highest BCUT2D eigenvalue weighted by Gasteiger charge is 2.34. The van der Waals surface area contributed by atoms with E-state index in [0.29, 0.717) is 16.9 Å². The van der Waals surface area contributed by atoms with Crippen LogP contribution in [0.15, 0.2) is 64.8 Å². The Hall–Kier alpha value is -3.17. The molecule has 4 nitrogen and oxygen atoms in total. The van der Waals surface area contributed by atoms with Gasteiger partial charge in [-0.2, -0.15) is 5.26 Å². The number of benzene rings is 2. The maximum Gasteiger partial charge on any atom is 0.240 e. The first kappa shape index (κ1) is 15.4. The molecule has 6 heteroatoms. The molecule has 0 amide bonds. The van der Waals surface area contributed by atoms with Gasteiger partial charge in [-0.25, -0.2) is 4.39 Å². The maximum atomic E-state index is 13.7. The highest BCUT2D eigenvalue weighted by molar-refractivity contribution is 7.16. The van der Waals surface area contributed by atoms with Crippen LogP contribution in [0.5, 0.6) is 5.75 Å². The highest BCUT2D eigenvalue weighted by atomic mass is 32.1. The molecule has 2 heterocycles. The van der Waals surface area contributed by atoms with E-state index < -0.39 is 11.7 Å². The summed E-state index contributed by atoms with van der Waals surface area (Å²) in [6, 6.07) is 15.2. The van der Waals surface area contributed by atoms with Gasteiger partial charge in [0.1, 0.15) is 23.2 Å². The average molecular weight is 350 g/mol. The number of nitriles is 1. The van der Waals surface area contributed by atoms with Crippen LogP contribution in [0.3, 0.4) is 0 Å². The minimum absolute atomic E-state index is 0.0648. The van der Waals surface area contributed by atoms with E-state index in [1.807, 2.05) is 30.3 Å². The van der Waals surface area contributed by atoms with Crippen molar-refractivity contribution in [2.45, 2.75) is 5.92 Å². The van der Waals surface area contributed by atoms with Crippen LogP contribution in [0, 0.1) is 17.1 Å². The van der Waals surface area contributed by atoms with Gasteiger partial charge in [0.2, 0.25) is 10.6 Å². The van der Waals surface area contributed by atoms with E-state index in [0.717, 1.165) is 21.4 Å². The molecule has 1 atom stereocenters. The van der Waals surface area contributed by atoms with Gasteiger partial charge in [-0.05, 0) is 29.8 Å². The first-order valence-corrected chi connectivity index (χ1v) is 8.30. The molecule has 1 aliphatic heterocycles. The van der Waals surface area contributed by atoms with E-state index in [9.17, 15) is 14.4 Å². The van der Waals surface area contributed by atoms with Crippen molar-refractivity contribution in [1.29, 1.82) is 5.26 Å². The summed E-state index contributed by atoms with van der Waals surface area (Å²) in [5, 5.41) is 10.3. The van der Waals surface area contributed by atoms with Crippen molar-refractivity contribution in [3.8, 4) is 11.8 Å². The van der Waals surface area contributed by atoms with Gasteiger partial charge in [0.15, 0.2) is 0 Å². The zero-order valence-corrected chi connectivity index (χ0v) is 13.6. The fourth-order valence-electron chi connectivity index (χ4n) is 3.09. The number of nitrogens with zero attached hydrogens (tertiary/aromatic N) is 1. The maximum absolute atomic E-state index is 13.7. The molecule has 0 aliphatic carbocycles. The van der Waals surface area contributed by atoms with Crippen molar-refractivity contribution in [2.24, 2.45) is 5.73 Å². The molecule has 0 saturated carbocycles. The normalized spacial score (nSPS) is 16.2. The van der Waals surface area contributed by atoms with Crippen molar-refractivity contribution >= 4 is 21.4 Å². The molecule has 0 saturated heterocycles. The lowest BCUT2D eigenvalue weighted by atomic mass is 9.84. The molecule has 3 aromatic rings. The molecule has 0 spiro atoms. The molecular formula is C19H11FN2O2S. The second-order valence-corrected chi connectivity index (χ2v) is 6.62. The van der Waals surface area contributed by atoms with Gasteiger partial charge in [0, 0.05) is 10.1 Å². The van der Waals surface area contributed by atoms with E-state index in [4.69, 9.17) is 10.5 Å². The number of nitrogens with two attached hydrogens (primary N) is 1. The lowest BCUT2D eigenvalue weighted by Crippen LogP contribution is -2.25. The van der Waals surface area contributed by atoms with Gasteiger partial charge in [-0.1, -0.05) is 35.6 Å². The van der Waals surface area contributed by atoms with Crippen molar-refractivity contribution in [2.75, 3.05) is 0 Å². The molecule has 25 heavy (non-hydrogen) atoms. The van der Waals surface area contributed by atoms with Gasteiger partial charge >= 0.3 is 0 Å². The summed E-state index contributed by atoms with van der Waals surface area (Å²) in [5.41, 5.74) is 6.87. The Morgan fingerprint density at radius 3 is 2.76 bits per heavy atom. The van der Waals surface area contributed by atoms with Crippen molar-refractivity contribution < 1.29 is 9.13 Å². The lowest BCUT2D eigenvalue weighted by Gasteiger charge is -2.26. The van der Waals surface area contributed by atoms with E-state index in [1.165, 1.54) is 12.1 Å². The van der Waals surface area contributed by atoms with Gasteiger partial charge < -0.3 is 10.5 Å². The average Bonchev–Trinajstić information content (AvgIpc) is 2.60. The molecule has 4 rings (SSSR count). The third-order valence-electron chi connectivity index (χ3n) is 4.16. The highest BCUT2D eigenvalue weighted by Crippen LogP contribution is 2.44. The van der Waals surface area contributed by atoms with Crippen molar-refractivity contribution in [3.05, 3.63) is 86.5 Å². The molecule has 0 unspecified atom stereocenters. The number of rotatable bonds is 1. The summed E-state index contributed by atoms with van der Waals surface area (Å²) in [6.45, 7) is 0. The van der Waals surface area contributed by atoms with Crippen LogP contribution in [-0.4, -0.2) is 0 Å². The number of fused-ring (bicyclic) bond motifs is 3. The Balaban J connectivity index is 2.10. The Labute approximate surface area is 146 Å². The first-order valence-electron chi connectivity index (χ1n) is 7.49. The predicted octanol–water partition coefficient (Wildman–Crippen LogP) is 3.62. The zero-order chi connectivity index (χ0) is 17.6. The molecule has 0 radical (unpaired) electrons. The minimum Gasteiger partial charge on any atom is -0.439 e. The van der Waals surface area contributed by atoms with Crippen molar-refractivity contribution in [3.63, 3.8) is 0 Å². The van der Waals surface area contributed by atoms with Crippen LogP contribution in [0.25, 0.3) is 10.1 Å². The third kappa shape index (κ3) is 2.37. The molecule has 2 N–H and O–H groups in total. The van der Waals surface area contributed by atoms with E-state index >= 15 is 0 Å². The Bertz CT molecular complexity index is 1140. The van der Waals surface area contributed by atoms with Crippen LogP contribution in [0.4, 0.5) is 4.39 Å². The van der Waals surface area contributed by atoms with Crippen LogP contribution < -0.4 is 15.2 Å². The summed E-state index contributed by atoms with van der Waals surface area (Å²) in [5.74, 6) is -0.925. The fourth-order valence-corrected chi connectivity index (χ4v) is 4.02. The SMILES string of the molecule is N#CC1=C(N)Oc2c(c(=O)sc3ccccc23)[C@H]1c1cccc(F)c1.